The van der Waals surface area contributed by atoms with Gasteiger partial charge in [0.2, 0.25) is 0 Å². The van der Waals surface area contributed by atoms with Gasteiger partial charge < -0.3 is 9.80 Å². The lowest BCUT2D eigenvalue weighted by Crippen LogP contribution is -2.47. The van der Waals surface area contributed by atoms with Crippen LogP contribution in [0.5, 0.6) is 0 Å². The SMILES string of the molecule is CN1CCN(C(=N)CC(F)(F)F)CC1. The molecule has 1 N–H and O–H groups in total. The van der Waals surface area contributed by atoms with E-state index in [9.17, 15) is 13.2 Å². The van der Waals surface area contributed by atoms with Crippen molar-refractivity contribution in [2.24, 2.45) is 0 Å². The van der Waals surface area contributed by atoms with Gasteiger partial charge in [0.05, 0.1) is 0 Å². The first-order chi connectivity index (χ1) is 6.38. The molecule has 0 aromatic carbocycles. The Morgan fingerprint density at radius 1 is 1.21 bits per heavy atom. The predicted octanol–water partition coefficient (Wildman–Crippen LogP) is 1.16. The number of hydrogen-bond donors (Lipinski definition) is 1. The lowest BCUT2D eigenvalue weighted by molar-refractivity contribution is -0.123. The van der Waals surface area contributed by atoms with E-state index in [2.05, 4.69) is 0 Å². The van der Waals surface area contributed by atoms with E-state index in [-0.39, 0.29) is 5.84 Å². The van der Waals surface area contributed by atoms with Crippen molar-refractivity contribution in [2.45, 2.75) is 12.6 Å². The van der Waals surface area contributed by atoms with Crippen LogP contribution in [0.3, 0.4) is 0 Å². The summed E-state index contributed by atoms with van der Waals surface area (Å²) in [6, 6.07) is 0. The molecule has 0 radical (unpaired) electrons. The number of likely N-dealkylation sites (N-methyl/N-ethyl adjacent to an activating group) is 1. The van der Waals surface area contributed by atoms with Crippen LogP contribution in [0.1, 0.15) is 6.42 Å². The predicted molar refractivity (Wildman–Crippen MR) is 47.5 cm³/mol. The monoisotopic (exact) mass is 209 g/mol. The molecule has 0 aromatic rings. The standard InChI is InChI=1S/C8H14F3N3/c1-13-2-4-14(5-3-13)7(12)6-8(9,10)11/h12H,2-6H2,1H3. The Hall–Kier alpha value is -0.780. The second kappa shape index (κ2) is 4.16. The quantitative estimate of drug-likeness (QED) is 0.519. The molecule has 1 heterocycles. The van der Waals surface area contributed by atoms with E-state index in [0.29, 0.717) is 13.1 Å². The van der Waals surface area contributed by atoms with Gasteiger partial charge in [0.15, 0.2) is 0 Å². The Balaban J connectivity index is 2.38. The first-order valence-electron chi connectivity index (χ1n) is 4.46. The summed E-state index contributed by atoms with van der Waals surface area (Å²) in [6.45, 7) is 2.48. The highest BCUT2D eigenvalue weighted by molar-refractivity contribution is 5.79. The van der Waals surface area contributed by atoms with Gasteiger partial charge in [-0.3, -0.25) is 5.41 Å². The summed E-state index contributed by atoms with van der Waals surface area (Å²) >= 11 is 0. The van der Waals surface area contributed by atoms with Crippen molar-refractivity contribution >= 4 is 5.84 Å². The van der Waals surface area contributed by atoms with Gasteiger partial charge >= 0.3 is 6.18 Å². The van der Waals surface area contributed by atoms with Crippen molar-refractivity contribution < 1.29 is 13.2 Å². The Bertz CT molecular complexity index is 206. The Morgan fingerprint density at radius 2 is 1.71 bits per heavy atom. The van der Waals surface area contributed by atoms with Crippen molar-refractivity contribution in [3.63, 3.8) is 0 Å². The maximum Gasteiger partial charge on any atom is 0.396 e. The van der Waals surface area contributed by atoms with Crippen molar-refractivity contribution in [2.75, 3.05) is 33.2 Å². The summed E-state index contributed by atoms with van der Waals surface area (Å²) in [4.78, 5) is 3.53. The molecule has 1 rings (SSSR count). The van der Waals surface area contributed by atoms with Crippen LogP contribution in [0.15, 0.2) is 0 Å². The maximum absolute atomic E-state index is 12.0. The largest absolute Gasteiger partial charge is 0.396 e. The van der Waals surface area contributed by atoms with Crippen LogP contribution in [0.25, 0.3) is 0 Å². The number of rotatable bonds is 1. The van der Waals surface area contributed by atoms with Crippen LogP contribution in [0.4, 0.5) is 13.2 Å². The zero-order valence-corrected chi connectivity index (χ0v) is 8.06. The van der Waals surface area contributed by atoms with Crippen molar-refractivity contribution in [3.05, 3.63) is 0 Å². The first kappa shape index (κ1) is 11.3. The summed E-state index contributed by atoms with van der Waals surface area (Å²) in [5.74, 6) is -0.314. The highest BCUT2D eigenvalue weighted by atomic mass is 19.4. The molecule has 0 saturated carbocycles. The van der Waals surface area contributed by atoms with E-state index >= 15 is 0 Å². The topological polar surface area (TPSA) is 30.3 Å². The lowest BCUT2D eigenvalue weighted by Gasteiger charge is -2.34. The molecule has 0 bridgehead atoms. The third-order valence-electron chi connectivity index (χ3n) is 2.25. The minimum absolute atomic E-state index is 0.314. The molecule has 0 aromatic heterocycles. The molecule has 0 atom stereocenters. The molecule has 0 amide bonds. The number of hydrogen-bond acceptors (Lipinski definition) is 2. The zero-order valence-electron chi connectivity index (χ0n) is 8.06. The van der Waals surface area contributed by atoms with Crippen LogP contribution in [0, 0.1) is 5.41 Å². The average molecular weight is 209 g/mol. The molecular weight excluding hydrogens is 195 g/mol. The van der Waals surface area contributed by atoms with Crippen LogP contribution in [0.2, 0.25) is 0 Å². The van der Waals surface area contributed by atoms with E-state index in [1.807, 2.05) is 11.9 Å². The number of alkyl halides is 3. The fourth-order valence-corrected chi connectivity index (χ4v) is 1.38. The third-order valence-corrected chi connectivity index (χ3v) is 2.25. The highest BCUT2D eigenvalue weighted by Gasteiger charge is 2.31. The molecule has 1 fully saturated rings. The third kappa shape index (κ3) is 3.53. The van der Waals surface area contributed by atoms with Crippen molar-refractivity contribution in [3.8, 4) is 0 Å². The number of nitrogens with zero attached hydrogens (tertiary/aromatic N) is 2. The molecule has 14 heavy (non-hydrogen) atoms. The summed E-state index contributed by atoms with van der Waals surface area (Å²) in [5, 5.41) is 7.29. The molecule has 1 saturated heterocycles. The zero-order chi connectivity index (χ0) is 10.8. The fourth-order valence-electron chi connectivity index (χ4n) is 1.38. The van der Waals surface area contributed by atoms with E-state index in [1.165, 1.54) is 4.90 Å². The van der Waals surface area contributed by atoms with Gasteiger partial charge in [-0.15, -0.1) is 0 Å². The van der Waals surface area contributed by atoms with Crippen LogP contribution in [-0.4, -0.2) is 55.0 Å². The number of piperazine rings is 1. The minimum atomic E-state index is -4.26. The summed E-state index contributed by atoms with van der Waals surface area (Å²) in [7, 11) is 1.92. The van der Waals surface area contributed by atoms with E-state index in [0.717, 1.165) is 13.1 Å². The van der Waals surface area contributed by atoms with Crippen LogP contribution in [-0.2, 0) is 0 Å². The summed E-state index contributed by atoms with van der Waals surface area (Å²) in [5.41, 5.74) is 0. The number of amidine groups is 1. The van der Waals surface area contributed by atoms with E-state index in [1.54, 1.807) is 0 Å². The minimum Gasteiger partial charge on any atom is -0.358 e. The lowest BCUT2D eigenvalue weighted by atomic mass is 10.3. The smallest absolute Gasteiger partial charge is 0.358 e. The molecule has 6 heteroatoms. The van der Waals surface area contributed by atoms with Gasteiger partial charge in [-0.1, -0.05) is 0 Å². The molecule has 1 aliphatic heterocycles. The fraction of sp³-hybridized carbons (Fsp3) is 0.875. The second-order valence-corrected chi connectivity index (χ2v) is 3.53. The molecular formula is C8H14F3N3. The number of halogens is 3. The van der Waals surface area contributed by atoms with Crippen molar-refractivity contribution in [1.82, 2.24) is 9.80 Å². The molecule has 0 spiro atoms. The molecule has 0 aliphatic carbocycles. The number of nitrogens with one attached hydrogen (secondary N) is 1. The molecule has 0 unspecified atom stereocenters. The average Bonchev–Trinajstić information content (AvgIpc) is 2.02. The Kier molecular flexibility index (Phi) is 3.36. The Morgan fingerprint density at radius 3 is 2.14 bits per heavy atom. The van der Waals surface area contributed by atoms with E-state index in [4.69, 9.17) is 5.41 Å². The Labute approximate surface area is 81.0 Å². The normalized spacial score (nSPS) is 19.9. The van der Waals surface area contributed by atoms with Crippen molar-refractivity contribution in [1.29, 1.82) is 5.41 Å². The molecule has 82 valence electrons. The van der Waals surface area contributed by atoms with Gasteiger partial charge in [-0.2, -0.15) is 13.2 Å². The summed E-state index contributed by atoms with van der Waals surface area (Å²) in [6.07, 6.45) is -5.38. The van der Waals surface area contributed by atoms with Gasteiger partial charge in [-0.05, 0) is 7.05 Å². The molecule has 3 nitrogen and oxygen atoms in total. The van der Waals surface area contributed by atoms with Crippen LogP contribution < -0.4 is 0 Å². The summed E-state index contributed by atoms with van der Waals surface area (Å²) < 4.78 is 35.9. The van der Waals surface area contributed by atoms with Gasteiger partial charge in [0, 0.05) is 26.2 Å². The van der Waals surface area contributed by atoms with Crippen LogP contribution >= 0.6 is 0 Å². The highest BCUT2D eigenvalue weighted by Crippen LogP contribution is 2.21. The first-order valence-corrected chi connectivity index (χ1v) is 4.46. The van der Waals surface area contributed by atoms with E-state index < -0.39 is 12.6 Å². The van der Waals surface area contributed by atoms with Gasteiger partial charge in [0.1, 0.15) is 12.3 Å². The second-order valence-electron chi connectivity index (χ2n) is 3.53. The van der Waals surface area contributed by atoms with Gasteiger partial charge in [-0.25, -0.2) is 0 Å². The molecule has 1 aliphatic rings. The maximum atomic E-state index is 12.0. The van der Waals surface area contributed by atoms with Gasteiger partial charge in [0.25, 0.3) is 0 Å².